The number of nitrogens with zero attached hydrogens (tertiary/aromatic N) is 1. The molecule has 0 spiro atoms. The fourth-order valence-electron chi connectivity index (χ4n) is 1.53. The van der Waals surface area contributed by atoms with E-state index in [4.69, 9.17) is 5.73 Å². The SMILES string of the molecule is CCS(=O)(=O)NCCN1CC[C@@H](N)C1. The van der Waals surface area contributed by atoms with Crippen molar-refractivity contribution in [3.05, 3.63) is 0 Å². The van der Waals surface area contributed by atoms with E-state index in [0.29, 0.717) is 6.54 Å². The molecule has 1 heterocycles. The van der Waals surface area contributed by atoms with Gasteiger partial charge in [0.25, 0.3) is 0 Å². The molecule has 3 N–H and O–H groups in total. The van der Waals surface area contributed by atoms with Crippen molar-refractivity contribution in [1.29, 1.82) is 0 Å². The Balaban J connectivity index is 2.16. The van der Waals surface area contributed by atoms with Crippen molar-refractivity contribution in [3.63, 3.8) is 0 Å². The molecule has 0 unspecified atom stereocenters. The number of sulfonamides is 1. The number of rotatable bonds is 5. The molecule has 6 heteroatoms. The summed E-state index contributed by atoms with van der Waals surface area (Å²) in [6, 6.07) is 0.262. The number of hydrogen-bond acceptors (Lipinski definition) is 4. The molecule has 1 aliphatic rings. The minimum absolute atomic E-state index is 0.145. The summed E-state index contributed by atoms with van der Waals surface area (Å²) < 4.78 is 24.7. The Hall–Kier alpha value is -0.170. The van der Waals surface area contributed by atoms with E-state index in [9.17, 15) is 8.42 Å². The van der Waals surface area contributed by atoms with Crippen LogP contribution in [-0.2, 0) is 10.0 Å². The Morgan fingerprint density at radius 2 is 2.29 bits per heavy atom. The first-order valence-corrected chi connectivity index (χ1v) is 6.64. The second-order valence-electron chi connectivity index (χ2n) is 3.65. The number of likely N-dealkylation sites (tertiary alicyclic amines) is 1. The number of nitrogens with one attached hydrogen (secondary N) is 1. The van der Waals surface area contributed by atoms with Gasteiger partial charge in [-0.25, -0.2) is 13.1 Å². The highest BCUT2D eigenvalue weighted by atomic mass is 32.2. The highest BCUT2D eigenvalue weighted by Crippen LogP contribution is 2.05. The summed E-state index contributed by atoms with van der Waals surface area (Å²) in [6.07, 6.45) is 1.01. The molecule has 0 radical (unpaired) electrons. The van der Waals surface area contributed by atoms with Crippen LogP contribution in [0.3, 0.4) is 0 Å². The van der Waals surface area contributed by atoms with E-state index in [1.54, 1.807) is 6.92 Å². The van der Waals surface area contributed by atoms with E-state index in [-0.39, 0.29) is 11.8 Å². The molecule has 0 aliphatic carbocycles. The van der Waals surface area contributed by atoms with Gasteiger partial charge < -0.3 is 10.6 Å². The summed E-state index contributed by atoms with van der Waals surface area (Å²) in [5.74, 6) is 0.145. The van der Waals surface area contributed by atoms with Crippen molar-refractivity contribution >= 4 is 10.0 Å². The van der Waals surface area contributed by atoms with Crippen LogP contribution < -0.4 is 10.5 Å². The van der Waals surface area contributed by atoms with Crippen LogP contribution >= 0.6 is 0 Å². The molecule has 1 atom stereocenters. The van der Waals surface area contributed by atoms with E-state index in [1.807, 2.05) is 0 Å². The maximum atomic E-state index is 11.1. The van der Waals surface area contributed by atoms with Crippen molar-refractivity contribution in [2.75, 3.05) is 31.9 Å². The summed E-state index contributed by atoms with van der Waals surface area (Å²) in [5, 5.41) is 0. The molecule has 0 aromatic carbocycles. The fraction of sp³-hybridized carbons (Fsp3) is 1.00. The maximum Gasteiger partial charge on any atom is 0.211 e. The van der Waals surface area contributed by atoms with Crippen molar-refractivity contribution in [1.82, 2.24) is 9.62 Å². The van der Waals surface area contributed by atoms with Gasteiger partial charge in [-0.3, -0.25) is 0 Å². The Labute approximate surface area is 85.7 Å². The molecule has 0 amide bonds. The quantitative estimate of drug-likeness (QED) is 0.622. The monoisotopic (exact) mass is 221 g/mol. The zero-order valence-corrected chi connectivity index (χ0v) is 9.39. The molecular formula is C8H19N3O2S. The average Bonchev–Trinajstić information content (AvgIpc) is 2.51. The summed E-state index contributed by atoms with van der Waals surface area (Å²) in [4.78, 5) is 2.18. The minimum atomic E-state index is -3.03. The van der Waals surface area contributed by atoms with Crippen molar-refractivity contribution in [2.24, 2.45) is 5.73 Å². The van der Waals surface area contributed by atoms with Gasteiger partial charge in [-0.15, -0.1) is 0 Å². The van der Waals surface area contributed by atoms with Crippen LogP contribution in [0, 0.1) is 0 Å². The van der Waals surface area contributed by atoms with Crippen LogP contribution in [0.1, 0.15) is 13.3 Å². The van der Waals surface area contributed by atoms with Gasteiger partial charge in [-0.2, -0.15) is 0 Å². The molecule has 84 valence electrons. The molecule has 0 bridgehead atoms. The molecule has 14 heavy (non-hydrogen) atoms. The second kappa shape index (κ2) is 5.06. The van der Waals surface area contributed by atoms with Gasteiger partial charge in [-0.1, -0.05) is 0 Å². The Bertz CT molecular complexity index is 266. The molecule has 0 saturated carbocycles. The van der Waals surface area contributed by atoms with Crippen LogP contribution in [0.5, 0.6) is 0 Å². The van der Waals surface area contributed by atoms with Gasteiger partial charge in [0.1, 0.15) is 0 Å². The first-order valence-electron chi connectivity index (χ1n) is 4.99. The first kappa shape index (κ1) is 11.9. The number of nitrogens with two attached hydrogens (primary N) is 1. The van der Waals surface area contributed by atoms with Gasteiger partial charge in [-0.05, 0) is 19.9 Å². The molecule has 1 fully saturated rings. The summed E-state index contributed by atoms with van der Waals surface area (Å²) in [7, 11) is -3.03. The normalized spacial score (nSPS) is 24.3. The Morgan fingerprint density at radius 3 is 2.79 bits per heavy atom. The first-order chi connectivity index (χ1) is 6.53. The van der Waals surface area contributed by atoms with E-state index >= 15 is 0 Å². The zero-order chi connectivity index (χ0) is 10.6. The lowest BCUT2D eigenvalue weighted by molar-refractivity contribution is 0.339. The summed E-state index contributed by atoms with van der Waals surface area (Å²) in [6.45, 7) is 4.74. The van der Waals surface area contributed by atoms with E-state index in [1.165, 1.54) is 0 Å². The molecule has 1 saturated heterocycles. The predicted octanol–water partition coefficient (Wildman–Crippen LogP) is -1.04. The third-order valence-corrected chi connectivity index (χ3v) is 3.84. The standard InChI is InChI=1S/C8H19N3O2S/c1-2-14(12,13)10-4-6-11-5-3-8(9)7-11/h8,10H,2-7,9H2,1H3/t8-/m1/s1. The highest BCUT2D eigenvalue weighted by Gasteiger charge is 2.18. The van der Waals surface area contributed by atoms with Gasteiger partial charge in [0.2, 0.25) is 10.0 Å². The average molecular weight is 221 g/mol. The summed E-state index contributed by atoms with van der Waals surface area (Å²) >= 11 is 0. The Kier molecular flexibility index (Phi) is 4.31. The zero-order valence-electron chi connectivity index (χ0n) is 8.57. The number of hydrogen-bond donors (Lipinski definition) is 2. The van der Waals surface area contributed by atoms with Crippen molar-refractivity contribution in [2.45, 2.75) is 19.4 Å². The highest BCUT2D eigenvalue weighted by molar-refractivity contribution is 7.89. The van der Waals surface area contributed by atoms with Crippen molar-refractivity contribution in [3.8, 4) is 0 Å². The van der Waals surface area contributed by atoms with Gasteiger partial charge in [0, 0.05) is 25.7 Å². The largest absolute Gasteiger partial charge is 0.326 e. The smallest absolute Gasteiger partial charge is 0.211 e. The molecule has 1 rings (SSSR count). The van der Waals surface area contributed by atoms with E-state index < -0.39 is 10.0 Å². The van der Waals surface area contributed by atoms with E-state index in [2.05, 4.69) is 9.62 Å². The Morgan fingerprint density at radius 1 is 1.57 bits per heavy atom. The van der Waals surface area contributed by atoms with Crippen molar-refractivity contribution < 1.29 is 8.42 Å². The summed E-state index contributed by atoms with van der Waals surface area (Å²) in [5.41, 5.74) is 5.73. The fourth-order valence-corrected chi connectivity index (χ4v) is 2.13. The predicted molar refractivity (Wildman–Crippen MR) is 56.5 cm³/mol. The van der Waals surface area contributed by atoms with Crippen LogP contribution in [-0.4, -0.2) is 51.3 Å². The van der Waals surface area contributed by atoms with Gasteiger partial charge in [0.05, 0.1) is 5.75 Å². The maximum absolute atomic E-state index is 11.1. The van der Waals surface area contributed by atoms with Crippen LogP contribution in [0.2, 0.25) is 0 Å². The van der Waals surface area contributed by atoms with E-state index in [0.717, 1.165) is 26.1 Å². The lowest BCUT2D eigenvalue weighted by Crippen LogP contribution is -2.35. The third kappa shape index (κ3) is 3.91. The van der Waals surface area contributed by atoms with Crippen LogP contribution in [0.15, 0.2) is 0 Å². The molecular weight excluding hydrogens is 202 g/mol. The molecule has 1 aliphatic heterocycles. The topological polar surface area (TPSA) is 75.4 Å². The van der Waals surface area contributed by atoms with Gasteiger partial charge >= 0.3 is 0 Å². The van der Waals surface area contributed by atoms with Gasteiger partial charge in [0.15, 0.2) is 0 Å². The third-order valence-electron chi connectivity index (χ3n) is 2.44. The van der Waals surface area contributed by atoms with Crippen LogP contribution in [0.4, 0.5) is 0 Å². The van der Waals surface area contributed by atoms with Crippen LogP contribution in [0.25, 0.3) is 0 Å². The molecule has 0 aromatic rings. The molecule has 5 nitrogen and oxygen atoms in total. The minimum Gasteiger partial charge on any atom is -0.326 e. The lowest BCUT2D eigenvalue weighted by Gasteiger charge is -2.14. The molecule has 0 aromatic heterocycles. The second-order valence-corrected chi connectivity index (χ2v) is 5.74. The lowest BCUT2D eigenvalue weighted by atomic mass is 10.3.